The third-order valence-electron chi connectivity index (χ3n) is 7.28. The Hall–Kier alpha value is -2.22. The highest BCUT2D eigenvalue weighted by Crippen LogP contribution is 2.33. The Bertz CT molecular complexity index is 852. The van der Waals surface area contributed by atoms with E-state index in [-0.39, 0.29) is 5.92 Å². The van der Waals surface area contributed by atoms with Crippen molar-refractivity contribution in [2.24, 2.45) is 17.8 Å². The van der Waals surface area contributed by atoms with Crippen molar-refractivity contribution in [3.63, 3.8) is 0 Å². The summed E-state index contributed by atoms with van der Waals surface area (Å²) in [5.41, 5.74) is 0.756. The normalized spacial score (nSPS) is 25.2. The van der Waals surface area contributed by atoms with Crippen LogP contribution in [0.2, 0.25) is 0 Å². The number of likely N-dealkylation sites (tertiary alicyclic amines) is 2. The third-order valence-corrected chi connectivity index (χ3v) is 7.28. The molecule has 3 fully saturated rings. The highest BCUT2D eigenvalue weighted by Gasteiger charge is 2.36. The van der Waals surface area contributed by atoms with Crippen LogP contribution in [0.5, 0.6) is 0 Å². The second-order valence-corrected chi connectivity index (χ2v) is 9.06. The second-order valence-electron chi connectivity index (χ2n) is 9.06. The van der Waals surface area contributed by atoms with Gasteiger partial charge in [-0.25, -0.2) is 0 Å². The van der Waals surface area contributed by atoms with Gasteiger partial charge in [0.2, 0.25) is 5.91 Å². The number of nitrogens with zero attached hydrogens (tertiary/aromatic N) is 7. The topological polar surface area (TPSA) is 69.9 Å². The summed E-state index contributed by atoms with van der Waals surface area (Å²) in [6, 6.07) is 3.94. The van der Waals surface area contributed by atoms with Crippen LogP contribution in [0.3, 0.4) is 0 Å². The van der Waals surface area contributed by atoms with Crippen molar-refractivity contribution >= 4 is 17.4 Å². The lowest BCUT2D eigenvalue weighted by Crippen LogP contribution is -2.42. The SMILES string of the molecule is CN1CCC(C2CCN(C(=O)C3CCN(c4ccc5nncn5n4)CC3)C2)CC1. The summed E-state index contributed by atoms with van der Waals surface area (Å²) in [7, 11) is 2.22. The van der Waals surface area contributed by atoms with E-state index in [1.165, 1.54) is 32.4 Å². The molecule has 0 spiro atoms. The molecule has 8 nitrogen and oxygen atoms in total. The van der Waals surface area contributed by atoms with Crippen molar-refractivity contribution in [1.29, 1.82) is 0 Å². The number of rotatable bonds is 3. The number of amides is 1. The van der Waals surface area contributed by atoms with E-state index in [9.17, 15) is 4.79 Å². The lowest BCUT2D eigenvalue weighted by Gasteiger charge is -2.34. The third kappa shape index (κ3) is 3.82. The van der Waals surface area contributed by atoms with Gasteiger partial charge in [0.15, 0.2) is 5.65 Å². The molecule has 5 rings (SSSR count). The minimum absolute atomic E-state index is 0.168. The molecular formula is C21H31N7O. The Morgan fingerprint density at radius 1 is 0.966 bits per heavy atom. The number of carbonyl (C=O) groups excluding carboxylic acids is 1. The maximum absolute atomic E-state index is 13.1. The zero-order valence-corrected chi connectivity index (χ0v) is 17.3. The predicted molar refractivity (Wildman–Crippen MR) is 111 cm³/mol. The quantitative estimate of drug-likeness (QED) is 0.782. The molecule has 0 bridgehead atoms. The van der Waals surface area contributed by atoms with Crippen LogP contribution in [0.1, 0.15) is 32.1 Å². The Labute approximate surface area is 171 Å². The van der Waals surface area contributed by atoms with E-state index in [0.29, 0.717) is 11.8 Å². The van der Waals surface area contributed by atoms with E-state index in [2.05, 4.69) is 37.0 Å². The van der Waals surface area contributed by atoms with Gasteiger partial charge < -0.3 is 14.7 Å². The number of piperidine rings is 2. The molecule has 5 heterocycles. The van der Waals surface area contributed by atoms with Gasteiger partial charge in [0.05, 0.1) is 0 Å². The predicted octanol–water partition coefficient (Wildman–Crippen LogP) is 1.53. The summed E-state index contributed by atoms with van der Waals surface area (Å²) in [6.45, 7) is 6.12. The van der Waals surface area contributed by atoms with Crippen molar-refractivity contribution in [1.82, 2.24) is 29.6 Å². The Balaban J connectivity index is 1.14. The molecule has 156 valence electrons. The Morgan fingerprint density at radius 2 is 1.72 bits per heavy atom. The highest BCUT2D eigenvalue weighted by atomic mass is 16.2. The molecule has 3 saturated heterocycles. The maximum Gasteiger partial charge on any atom is 0.225 e. The fourth-order valence-electron chi connectivity index (χ4n) is 5.37. The van der Waals surface area contributed by atoms with Crippen LogP contribution in [-0.2, 0) is 4.79 Å². The van der Waals surface area contributed by atoms with Crippen LogP contribution in [0.4, 0.5) is 5.82 Å². The lowest BCUT2D eigenvalue weighted by atomic mass is 9.84. The fraction of sp³-hybridized carbons (Fsp3) is 0.714. The standard InChI is InChI=1S/C21H31N7O/c1-25-9-4-16(5-10-25)18-8-13-27(14-18)21(29)17-6-11-26(12-7-17)20-3-2-19-23-22-15-28(19)24-20/h2-3,15-18H,4-14H2,1H3. The summed E-state index contributed by atoms with van der Waals surface area (Å²) in [5.74, 6) is 3.02. The molecule has 0 radical (unpaired) electrons. The van der Waals surface area contributed by atoms with Gasteiger partial charge in [-0.3, -0.25) is 4.79 Å². The van der Waals surface area contributed by atoms with Crippen molar-refractivity contribution < 1.29 is 4.79 Å². The maximum atomic E-state index is 13.1. The number of aromatic nitrogens is 4. The van der Waals surface area contributed by atoms with Crippen molar-refractivity contribution in [3.05, 3.63) is 18.5 Å². The molecule has 1 atom stereocenters. The van der Waals surface area contributed by atoms with Crippen LogP contribution < -0.4 is 4.90 Å². The van der Waals surface area contributed by atoms with Gasteiger partial charge in [-0.2, -0.15) is 4.52 Å². The average Bonchev–Trinajstić information content (AvgIpc) is 3.43. The molecule has 3 aliphatic rings. The number of fused-ring (bicyclic) bond motifs is 1. The molecule has 8 heteroatoms. The van der Waals surface area contributed by atoms with Crippen LogP contribution >= 0.6 is 0 Å². The van der Waals surface area contributed by atoms with E-state index in [1.807, 2.05) is 12.1 Å². The molecule has 2 aromatic heterocycles. The monoisotopic (exact) mass is 397 g/mol. The summed E-state index contributed by atoms with van der Waals surface area (Å²) in [6.07, 6.45) is 7.24. The second kappa shape index (κ2) is 7.89. The van der Waals surface area contributed by atoms with Gasteiger partial charge in [-0.15, -0.1) is 15.3 Å². The number of carbonyl (C=O) groups is 1. The van der Waals surface area contributed by atoms with Gasteiger partial charge in [0.25, 0.3) is 0 Å². The van der Waals surface area contributed by atoms with E-state index >= 15 is 0 Å². The van der Waals surface area contributed by atoms with Crippen molar-refractivity contribution in [2.45, 2.75) is 32.1 Å². The van der Waals surface area contributed by atoms with E-state index < -0.39 is 0 Å². The minimum atomic E-state index is 0.168. The molecule has 2 aromatic rings. The summed E-state index contributed by atoms with van der Waals surface area (Å²) in [5, 5.41) is 12.5. The van der Waals surface area contributed by atoms with E-state index in [1.54, 1.807) is 10.8 Å². The molecule has 0 N–H and O–H groups in total. The number of anilines is 1. The molecule has 1 amide bonds. The number of hydrogen-bond donors (Lipinski definition) is 0. The van der Waals surface area contributed by atoms with Crippen molar-refractivity contribution in [3.8, 4) is 0 Å². The largest absolute Gasteiger partial charge is 0.355 e. The summed E-state index contributed by atoms with van der Waals surface area (Å²) in [4.78, 5) is 20.0. The van der Waals surface area contributed by atoms with E-state index in [0.717, 1.165) is 56.4 Å². The Kier molecular flexibility index (Phi) is 5.11. The molecule has 1 unspecified atom stereocenters. The summed E-state index contributed by atoms with van der Waals surface area (Å²) < 4.78 is 1.71. The number of hydrogen-bond acceptors (Lipinski definition) is 6. The highest BCUT2D eigenvalue weighted by molar-refractivity contribution is 5.79. The first-order valence-electron chi connectivity index (χ1n) is 11.1. The average molecular weight is 398 g/mol. The molecule has 29 heavy (non-hydrogen) atoms. The van der Waals surface area contributed by atoms with Crippen LogP contribution in [-0.4, -0.2) is 81.8 Å². The first-order chi connectivity index (χ1) is 14.2. The molecule has 0 aromatic carbocycles. The summed E-state index contributed by atoms with van der Waals surface area (Å²) >= 11 is 0. The lowest BCUT2D eigenvalue weighted by molar-refractivity contribution is -0.135. The molecule has 3 aliphatic heterocycles. The van der Waals surface area contributed by atoms with Gasteiger partial charge in [0.1, 0.15) is 12.1 Å². The van der Waals surface area contributed by atoms with Gasteiger partial charge >= 0.3 is 0 Å². The van der Waals surface area contributed by atoms with Crippen molar-refractivity contribution in [2.75, 3.05) is 51.2 Å². The van der Waals surface area contributed by atoms with E-state index in [4.69, 9.17) is 0 Å². The van der Waals surface area contributed by atoms with Crippen LogP contribution in [0.15, 0.2) is 18.5 Å². The van der Waals surface area contributed by atoms with Crippen LogP contribution in [0.25, 0.3) is 5.65 Å². The fourth-order valence-corrected chi connectivity index (χ4v) is 5.37. The van der Waals surface area contributed by atoms with Gasteiger partial charge in [-0.05, 0) is 76.2 Å². The first kappa shape index (κ1) is 18.8. The zero-order chi connectivity index (χ0) is 19.8. The zero-order valence-electron chi connectivity index (χ0n) is 17.3. The first-order valence-corrected chi connectivity index (χ1v) is 11.1. The molecule has 0 saturated carbocycles. The minimum Gasteiger partial charge on any atom is -0.355 e. The molecule has 0 aliphatic carbocycles. The van der Waals surface area contributed by atoms with Gasteiger partial charge in [-0.1, -0.05) is 0 Å². The smallest absolute Gasteiger partial charge is 0.225 e. The molecular weight excluding hydrogens is 366 g/mol. The van der Waals surface area contributed by atoms with Gasteiger partial charge in [0, 0.05) is 32.1 Å². The van der Waals surface area contributed by atoms with Crippen LogP contribution in [0, 0.1) is 17.8 Å². The Morgan fingerprint density at radius 3 is 2.52 bits per heavy atom.